The standard InChI is InChI=1S/C15H27N3O3/c1-4-17-8-5-12(6-9-17)16(3)14(21)18-10-7-15(2,11-18)13(19)20/h12H,4-11H2,1-3H3,(H,19,20). The van der Waals surface area contributed by atoms with Crippen LogP contribution in [0.5, 0.6) is 0 Å². The Bertz CT molecular complexity index is 407. The van der Waals surface area contributed by atoms with Gasteiger partial charge in [-0.05, 0) is 32.7 Å². The number of carboxylic acid groups (broad SMARTS) is 1. The van der Waals surface area contributed by atoms with E-state index in [0.717, 1.165) is 32.5 Å². The van der Waals surface area contributed by atoms with Crippen LogP contribution in [-0.2, 0) is 4.79 Å². The Morgan fingerprint density at radius 3 is 2.38 bits per heavy atom. The molecule has 2 heterocycles. The highest BCUT2D eigenvalue weighted by Gasteiger charge is 2.43. The van der Waals surface area contributed by atoms with Crippen LogP contribution in [0.4, 0.5) is 4.79 Å². The number of urea groups is 1. The first kappa shape index (κ1) is 16.1. The number of carbonyl (C=O) groups is 2. The summed E-state index contributed by atoms with van der Waals surface area (Å²) < 4.78 is 0. The number of carboxylic acids is 1. The van der Waals surface area contributed by atoms with E-state index in [0.29, 0.717) is 19.5 Å². The van der Waals surface area contributed by atoms with Gasteiger partial charge in [0.2, 0.25) is 0 Å². The van der Waals surface area contributed by atoms with E-state index in [1.54, 1.807) is 11.8 Å². The minimum Gasteiger partial charge on any atom is -0.481 e. The molecule has 2 saturated heterocycles. The Hall–Kier alpha value is -1.30. The average molecular weight is 297 g/mol. The third-order valence-electron chi connectivity index (χ3n) is 5.11. The van der Waals surface area contributed by atoms with Crippen LogP contribution in [0.25, 0.3) is 0 Å². The lowest BCUT2D eigenvalue weighted by atomic mass is 9.90. The van der Waals surface area contributed by atoms with Gasteiger partial charge < -0.3 is 19.8 Å². The Labute approximate surface area is 126 Å². The summed E-state index contributed by atoms with van der Waals surface area (Å²) in [5.41, 5.74) is -0.790. The fourth-order valence-electron chi connectivity index (χ4n) is 3.30. The van der Waals surface area contributed by atoms with Gasteiger partial charge in [0.1, 0.15) is 0 Å². The summed E-state index contributed by atoms with van der Waals surface area (Å²) in [5.74, 6) is -0.809. The predicted octanol–water partition coefficient (Wildman–Crippen LogP) is 1.32. The summed E-state index contributed by atoms with van der Waals surface area (Å²) >= 11 is 0. The van der Waals surface area contributed by atoms with E-state index in [9.17, 15) is 14.7 Å². The molecule has 6 heteroatoms. The second-order valence-corrected chi connectivity index (χ2v) is 6.60. The summed E-state index contributed by atoms with van der Waals surface area (Å²) in [5, 5.41) is 9.26. The molecule has 120 valence electrons. The van der Waals surface area contributed by atoms with Gasteiger partial charge in [-0.15, -0.1) is 0 Å². The first-order valence-corrected chi connectivity index (χ1v) is 7.85. The molecule has 0 bridgehead atoms. The van der Waals surface area contributed by atoms with E-state index in [1.165, 1.54) is 0 Å². The quantitative estimate of drug-likeness (QED) is 0.853. The van der Waals surface area contributed by atoms with Gasteiger partial charge in [-0.2, -0.15) is 0 Å². The van der Waals surface area contributed by atoms with Crippen molar-refractivity contribution in [3.05, 3.63) is 0 Å². The highest BCUT2D eigenvalue weighted by atomic mass is 16.4. The largest absolute Gasteiger partial charge is 0.481 e. The molecule has 2 rings (SSSR count). The van der Waals surface area contributed by atoms with Crippen molar-refractivity contribution in [3.8, 4) is 0 Å². The van der Waals surface area contributed by atoms with Crippen LogP contribution < -0.4 is 0 Å². The van der Waals surface area contributed by atoms with Gasteiger partial charge in [-0.25, -0.2) is 4.79 Å². The van der Waals surface area contributed by atoms with Crippen LogP contribution in [0, 0.1) is 5.41 Å². The molecule has 1 atom stereocenters. The summed E-state index contributed by atoms with van der Waals surface area (Å²) in [6.45, 7) is 7.87. The van der Waals surface area contributed by atoms with Crippen LogP contribution in [0.15, 0.2) is 0 Å². The van der Waals surface area contributed by atoms with E-state index in [1.807, 2.05) is 11.9 Å². The third-order valence-corrected chi connectivity index (χ3v) is 5.11. The van der Waals surface area contributed by atoms with Crippen LogP contribution in [0.3, 0.4) is 0 Å². The molecule has 0 radical (unpaired) electrons. The summed E-state index contributed by atoms with van der Waals surface area (Å²) in [7, 11) is 1.85. The highest BCUT2D eigenvalue weighted by molar-refractivity contribution is 5.79. The molecular formula is C15H27N3O3. The van der Waals surface area contributed by atoms with Crippen LogP contribution in [0.1, 0.15) is 33.1 Å². The smallest absolute Gasteiger partial charge is 0.320 e. The van der Waals surface area contributed by atoms with Gasteiger partial charge in [-0.1, -0.05) is 6.92 Å². The molecule has 0 spiro atoms. The predicted molar refractivity (Wildman–Crippen MR) is 80.2 cm³/mol. The number of aliphatic carboxylic acids is 1. The molecule has 0 aliphatic carbocycles. The summed E-state index contributed by atoms with van der Waals surface area (Å²) in [6.07, 6.45) is 2.54. The van der Waals surface area contributed by atoms with Gasteiger partial charge in [0, 0.05) is 39.3 Å². The zero-order valence-corrected chi connectivity index (χ0v) is 13.3. The maximum Gasteiger partial charge on any atom is 0.320 e. The van der Waals surface area contributed by atoms with Gasteiger partial charge in [0.25, 0.3) is 0 Å². The van der Waals surface area contributed by atoms with E-state index in [-0.39, 0.29) is 12.1 Å². The van der Waals surface area contributed by atoms with Crippen molar-refractivity contribution in [2.45, 2.75) is 39.2 Å². The van der Waals surface area contributed by atoms with Gasteiger partial charge in [0.15, 0.2) is 0 Å². The Morgan fingerprint density at radius 2 is 1.90 bits per heavy atom. The number of likely N-dealkylation sites (tertiary alicyclic amines) is 2. The van der Waals surface area contributed by atoms with Crippen molar-refractivity contribution < 1.29 is 14.7 Å². The number of carbonyl (C=O) groups excluding carboxylic acids is 1. The number of rotatable bonds is 3. The number of nitrogens with zero attached hydrogens (tertiary/aromatic N) is 3. The molecule has 2 fully saturated rings. The fourth-order valence-corrected chi connectivity index (χ4v) is 3.30. The zero-order valence-electron chi connectivity index (χ0n) is 13.3. The molecule has 0 saturated carbocycles. The first-order chi connectivity index (χ1) is 9.87. The second-order valence-electron chi connectivity index (χ2n) is 6.60. The lowest BCUT2D eigenvalue weighted by molar-refractivity contribution is -0.147. The van der Waals surface area contributed by atoms with Gasteiger partial charge in [-0.3, -0.25) is 4.79 Å². The molecule has 1 unspecified atom stereocenters. The topological polar surface area (TPSA) is 64.1 Å². The van der Waals surface area contributed by atoms with Crippen LogP contribution >= 0.6 is 0 Å². The maximum atomic E-state index is 12.6. The maximum absolute atomic E-state index is 12.6. The van der Waals surface area contributed by atoms with Gasteiger partial charge in [0.05, 0.1) is 5.41 Å². The van der Waals surface area contributed by atoms with Crippen molar-refractivity contribution in [3.63, 3.8) is 0 Å². The molecule has 2 aliphatic heterocycles. The summed E-state index contributed by atoms with van der Waals surface area (Å²) in [6, 6.07) is 0.256. The molecule has 1 N–H and O–H groups in total. The molecule has 0 aromatic carbocycles. The molecule has 21 heavy (non-hydrogen) atoms. The second kappa shape index (κ2) is 6.22. The van der Waals surface area contributed by atoms with Crippen molar-refractivity contribution in [1.82, 2.24) is 14.7 Å². The monoisotopic (exact) mass is 297 g/mol. The number of piperidine rings is 1. The highest BCUT2D eigenvalue weighted by Crippen LogP contribution is 2.31. The molecule has 0 aromatic heterocycles. The van der Waals surface area contributed by atoms with E-state index >= 15 is 0 Å². The first-order valence-electron chi connectivity index (χ1n) is 7.85. The Kier molecular flexibility index (Phi) is 4.76. The van der Waals surface area contributed by atoms with Crippen LogP contribution in [0.2, 0.25) is 0 Å². The van der Waals surface area contributed by atoms with Gasteiger partial charge >= 0.3 is 12.0 Å². The Balaban J connectivity index is 1.90. The van der Waals surface area contributed by atoms with Crippen molar-refractivity contribution in [2.75, 3.05) is 39.8 Å². The normalized spacial score (nSPS) is 27.9. The van der Waals surface area contributed by atoms with Crippen molar-refractivity contribution >= 4 is 12.0 Å². The molecule has 0 aromatic rings. The van der Waals surface area contributed by atoms with E-state index in [2.05, 4.69) is 11.8 Å². The lowest BCUT2D eigenvalue weighted by Gasteiger charge is -2.38. The van der Waals surface area contributed by atoms with E-state index < -0.39 is 11.4 Å². The fraction of sp³-hybridized carbons (Fsp3) is 0.867. The van der Waals surface area contributed by atoms with E-state index in [4.69, 9.17) is 0 Å². The minimum absolute atomic E-state index is 0.0186. The number of hydrogen-bond donors (Lipinski definition) is 1. The number of amides is 2. The lowest BCUT2D eigenvalue weighted by Crippen LogP contribution is -2.50. The summed E-state index contributed by atoms with van der Waals surface area (Å²) in [4.78, 5) is 29.7. The van der Waals surface area contributed by atoms with Crippen molar-refractivity contribution in [1.29, 1.82) is 0 Å². The molecule has 2 amide bonds. The van der Waals surface area contributed by atoms with Crippen LogP contribution in [-0.4, -0.2) is 77.6 Å². The minimum atomic E-state index is -0.809. The SMILES string of the molecule is CCN1CCC(N(C)C(=O)N2CCC(C)(C(=O)O)C2)CC1. The Morgan fingerprint density at radius 1 is 1.29 bits per heavy atom. The van der Waals surface area contributed by atoms with Crippen molar-refractivity contribution in [2.24, 2.45) is 5.41 Å². The zero-order chi connectivity index (χ0) is 15.6. The molecule has 2 aliphatic rings. The average Bonchev–Trinajstić information content (AvgIpc) is 2.90. The third kappa shape index (κ3) is 3.31. The number of hydrogen-bond acceptors (Lipinski definition) is 3. The molecule has 6 nitrogen and oxygen atoms in total. The molecular weight excluding hydrogens is 270 g/mol.